The van der Waals surface area contributed by atoms with Crippen molar-refractivity contribution in [3.63, 3.8) is 0 Å². The van der Waals surface area contributed by atoms with Crippen LogP contribution in [-0.4, -0.2) is 30.8 Å². The Morgan fingerprint density at radius 1 is 1.59 bits per heavy atom. The second-order valence-electron chi connectivity index (χ2n) is 4.75. The predicted octanol–water partition coefficient (Wildman–Crippen LogP) is 2.03. The van der Waals surface area contributed by atoms with Gasteiger partial charge in [0.25, 0.3) is 0 Å². The molecule has 2 atom stereocenters. The predicted molar refractivity (Wildman–Crippen MR) is 68.9 cm³/mol. The summed E-state index contributed by atoms with van der Waals surface area (Å²) in [7, 11) is 0. The van der Waals surface area contributed by atoms with Gasteiger partial charge in [-0.05, 0) is 37.4 Å². The van der Waals surface area contributed by atoms with Gasteiger partial charge in [-0.25, -0.2) is 0 Å². The summed E-state index contributed by atoms with van der Waals surface area (Å²) in [5.41, 5.74) is 1.31. The van der Waals surface area contributed by atoms with Gasteiger partial charge in [0.1, 0.15) is 0 Å². The standard InChI is InChI=1S/C14H22N2O/c1-2-6-16-14(13-5-8-17-11-13)9-12-4-3-7-15-10-12/h3-4,7,10,13-14,16H,2,5-6,8-9,11H2,1H3. The first kappa shape index (κ1) is 12.5. The van der Waals surface area contributed by atoms with E-state index in [-0.39, 0.29) is 0 Å². The topological polar surface area (TPSA) is 34.2 Å². The summed E-state index contributed by atoms with van der Waals surface area (Å²) in [6.07, 6.45) is 7.22. The maximum absolute atomic E-state index is 5.50. The Kier molecular flexibility index (Phi) is 4.95. The minimum Gasteiger partial charge on any atom is -0.381 e. The maximum Gasteiger partial charge on any atom is 0.0510 e. The zero-order valence-electron chi connectivity index (χ0n) is 10.6. The first-order chi connectivity index (χ1) is 8.40. The summed E-state index contributed by atoms with van der Waals surface area (Å²) >= 11 is 0. The molecule has 1 aromatic rings. The number of pyridine rings is 1. The summed E-state index contributed by atoms with van der Waals surface area (Å²) in [5, 5.41) is 3.65. The van der Waals surface area contributed by atoms with Gasteiger partial charge in [0.2, 0.25) is 0 Å². The molecular weight excluding hydrogens is 212 g/mol. The fourth-order valence-corrected chi connectivity index (χ4v) is 2.38. The molecule has 1 aromatic heterocycles. The van der Waals surface area contributed by atoms with E-state index in [0.29, 0.717) is 12.0 Å². The summed E-state index contributed by atoms with van der Waals surface area (Å²) < 4.78 is 5.50. The molecule has 2 rings (SSSR count). The van der Waals surface area contributed by atoms with Crippen LogP contribution < -0.4 is 5.32 Å². The number of nitrogens with one attached hydrogen (secondary N) is 1. The Morgan fingerprint density at radius 2 is 2.53 bits per heavy atom. The molecule has 3 heteroatoms. The van der Waals surface area contributed by atoms with Crippen molar-refractivity contribution in [3.8, 4) is 0 Å². The van der Waals surface area contributed by atoms with E-state index in [0.717, 1.165) is 26.2 Å². The van der Waals surface area contributed by atoms with E-state index in [4.69, 9.17) is 4.74 Å². The number of rotatable bonds is 6. The largest absolute Gasteiger partial charge is 0.381 e. The molecule has 0 aromatic carbocycles. The van der Waals surface area contributed by atoms with Crippen LogP contribution in [-0.2, 0) is 11.2 Å². The molecule has 0 bridgehead atoms. The molecule has 0 aliphatic carbocycles. The monoisotopic (exact) mass is 234 g/mol. The Bertz CT molecular complexity index is 309. The quantitative estimate of drug-likeness (QED) is 0.818. The summed E-state index contributed by atoms with van der Waals surface area (Å²) in [6.45, 7) is 5.12. The Morgan fingerprint density at radius 3 is 3.18 bits per heavy atom. The molecule has 1 aliphatic heterocycles. The molecule has 1 saturated heterocycles. The fraction of sp³-hybridized carbons (Fsp3) is 0.643. The third kappa shape index (κ3) is 3.79. The molecule has 0 spiro atoms. The van der Waals surface area contributed by atoms with Crippen LogP contribution in [0.5, 0.6) is 0 Å². The van der Waals surface area contributed by atoms with E-state index < -0.39 is 0 Å². The van der Waals surface area contributed by atoms with Gasteiger partial charge in [-0.2, -0.15) is 0 Å². The number of hydrogen-bond acceptors (Lipinski definition) is 3. The minimum absolute atomic E-state index is 0.529. The van der Waals surface area contributed by atoms with E-state index in [1.165, 1.54) is 18.4 Å². The van der Waals surface area contributed by atoms with Crippen LogP contribution >= 0.6 is 0 Å². The van der Waals surface area contributed by atoms with Crippen LogP contribution in [0.4, 0.5) is 0 Å². The van der Waals surface area contributed by atoms with Crippen LogP contribution in [0.1, 0.15) is 25.3 Å². The van der Waals surface area contributed by atoms with Crippen LogP contribution in [0.25, 0.3) is 0 Å². The van der Waals surface area contributed by atoms with Gasteiger partial charge in [0.05, 0.1) is 6.61 Å². The van der Waals surface area contributed by atoms with E-state index >= 15 is 0 Å². The lowest BCUT2D eigenvalue weighted by molar-refractivity contribution is 0.176. The molecule has 0 saturated carbocycles. The number of nitrogens with zero attached hydrogens (tertiary/aromatic N) is 1. The Balaban J connectivity index is 1.94. The van der Waals surface area contributed by atoms with Crippen molar-refractivity contribution in [2.24, 2.45) is 5.92 Å². The van der Waals surface area contributed by atoms with Crippen LogP contribution in [0, 0.1) is 5.92 Å². The molecule has 3 nitrogen and oxygen atoms in total. The van der Waals surface area contributed by atoms with Gasteiger partial charge in [-0.3, -0.25) is 4.98 Å². The lowest BCUT2D eigenvalue weighted by Gasteiger charge is -2.23. The molecule has 0 radical (unpaired) electrons. The smallest absolute Gasteiger partial charge is 0.0510 e. The molecular formula is C14H22N2O. The first-order valence-corrected chi connectivity index (χ1v) is 6.60. The van der Waals surface area contributed by atoms with Crippen molar-refractivity contribution < 1.29 is 4.74 Å². The average molecular weight is 234 g/mol. The van der Waals surface area contributed by atoms with Gasteiger partial charge in [-0.15, -0.1) is 0 Å². The highest BCUT2D eigenvalue weighted by atomic mass is 16.5. The second kappa shape index (κ2) is 6.72. The van der Waals surface area contributed by atoms with Crippen molar-refractivity contribution in [2.45, 2.75) is 32.2 Å². The Labute approximate surface area is 104 Å². The Hall–Kier alpha value is -0.930. The molecule has 1 aliphatic rings. The molecule has 1 N–H and O–H groups in total. The van der Waals surface area contributed by atoms with Crippen LogP contribution in [0.2, 0.25) is 0 Å². The van der Waals surface area contributed by atoms with Crippen molar-refractivity contribution in [2.75, 3.05) is 19.8 Å². The summed E-state index contributed by atoms with van der Waals surface area (Å²) in [6, 6.07) is 4.70. The van der Waals surface area contributed by atoms with Crippen LogP contribution in [0.3, 0.4) is 0 Å². The fourth-order valence-electron chi connectivity index (χ4n) is 2.38. The van der Waals surface area contributed by atoms with Gasteiger partial charge < -0.3 is 10.1 Å². The molecule has 17 heavy (non-hydrogen) atoms. The highest BCUT2D eigenvalue weighted by Gasteiger charge is 2.25. The van der Waals surface area contributed by atoms with Gasteiger partial charge in [0, 0.05) is 31.0 Å². The maximum atomic E-state index is 5.50. The van der Waals surface area contributed by atoms with Crippen molar-refractivity contribution in [3.05, 3.63) is 30.1 Å². The zero-order chi connectivity index (χ0) is 11.9. The molecule has 2 heterocycles. The van der Waals surface area contributed by atoms with Crippen molar-refractivity contribution in [1.82, 2.24) is 10.3 Å². The van der Waals surface area contributed by atoms with Gasteiger partial charge in [-0.1, -0.05) is 13.0 Å². The van der Waals surface area contributed by atoms with Gasteiger partial charge in [0.15, 0.2) is 0 Å². The van der Waals surface area contributed by atoms with Crippen molar-refractivity contribution >= 4 is 0 Å². The van der Waals surface area contributed by atoms with E-state index in [2.05, 4.69) is 23.3 Å². The minimum atomic E-state index is 0.529. The number of ether oxygens (including phenoxy) is 1. The number of aromatic nitrogens is 1. The zero-order valence-corrected chi connectivity index (χ0v) is 10.6. The molecule has 2 unspecified atom stereocenters. The van der Waals surface area contributed by atoms with Gasteiger partial charge >= 0.3 is 0 Å². The molecule has 0 amide bonds. The highest BCUT2D eigenvalue weighted by molar-refractivity contribution is 5.10. The van der Waals surface area contributed by atoms with E-state index in [1.807, 2.05) is 18.5 Å². The highest BCUT2D eigenvalue weighted by Crippen LogP contribution is 2.19. The first-order valence-electron chi connectivity index (χ1n) is 6.60. The molecule has 94 valence electrons. The van der Waals surface area contributed by atoms with E-state index in [1.54, 1.807) is 0 Å². The third-order valence-corrected chi connectivity index (χ3v) is 3.37. The number of hydrogen-bond donors (Lipinski definition) is 1. The normalized spacial score (nSPS) is 21.6. The third-order valence-electron chi connectivity index (χ3n) is 3.37. The SMILES string of the molecule is CCCNC(Cc1cccnc1)C1CCOC1. The average Bonchev–Trinajstić information content (AvgIpc) is 2.89. The van der Waals surface area contributed by atoms with Crippen molar-refractivity contribution in [1.29, 1.82) is 0 Å². The van der Waals surface area contributed by atoms with E-state index in [9.17, 15) is 0 Å². The van der Waals surface area contributed by atoms with Crippen LogP contribution in [0.15, 0.2) is 24.5 Å². The second-order valence-corrected chi connectivity index (χ2v) is 4.75. The lowest BCUT2D eigenvalue weighted by atomic mass is 9.93. The lowest BCUT2D eigenvalue weighted by Crippen LogP contribution is -2.38. The summed E-state index contributed by atoms with van der Waals surface area (Å²) in [4.78, 5) is 4.19. The molecule has 1 fully saturated rings. The summed E-state index contributed by atoms with van der Waals surface area (Å²) in [5.74, 6) is 0.654.